The molecule has 0 unspecified atom stereocenters. The normalized spacial score (nSPS) is 11.6. The highest BCUT2D eigenvalue weighted by atomic mass is 35.5. The van der Waals surface area contributed by atoms with Gasteiger partial charge in [-0.05, 0) is 31.4 Å². The van der Waals surface area contributed by atoms with Crippen molar-refractivity contribution in [1.82, 2.24) is 9.97 Å². The Labute approximate surface area is 114 Å². The van der Waals surface area contributed by atoms with Gasteiger partial charge in [-0.1, -0.05) is 11.6 Å². The lowest BCUT2D eigenvalue weighted by atomic mass is 10.1. The molecule has 0 radical (unpaired) electrons. The first-order chi connectivity index (χ1) is 8.77. The quantitative estimate of drug-likeness (QED) is 0.725. The number of hydrogen-bond acceptors (Lipinski definition) is 5. The Bertz CT molecular complexity index is 652. The summed E-state index contributed by atoms with van der Waals surface area (Å²) in [6.45, 7) is 2.78. The molecule has 0 saturated heterocycles. The highest BCUT2D eigenvalue weighted by Crippen LogP contribution is 2.24. The Hall–Kier alpha value is -1.92. The van der Waals surface area contributed by atoms with Crippen LogP contribution in [0.1, 0.15) is 13.8 Å². The summed E-state index contributed by atoms with van der Waals surface area (Å²) in [6, 6.07) is 3.23. The number of carbonyl (C=O) groups is 1. The number of aliphatic hydroxyl groups is 1. The maximum Gasteiger partial charge on any atom is 0.256 e. The molecular weight excluding hydrogens is 268 g/mol. The van der Waals surface area contributed by atoms with Crippen LogP contribution in [0.4, 0.5) is 11.6 Å². The van der Waals surface area contributed by atoms with Crippen molar-refractivity contribution in [2.24, 2.45) is 0 Å². The summed E-state index contributed by atoms with van der Waals surface area (Å²) in [4.78, 5) is 19.6. The Balaban J connectivity index is 2.40. The molecule has 2 rings (SSSR count). The zero-order chi connectivity index (χ0) is 14.2. The van der Waals surface area contributed by atoms with Crippen molar-refractivity contribution in [3.63, 3.8) is 0 Å². The molecule has 0 atom stereocenters. The minimum Gasteiger partial charge on any atom is -0.383 e. The minimum absolute atomic E-state index is 0.260. The predicted molar refractivity (Wildman–Crippen MR) is 73.9 cm³/mol. The molecule has 2 aromatic rings. The monoisotopic (exact) mass is 280 g/mol. The standard InChI is InChI=1S/C12H13ClN4O2/c1-12(2,19)11(18)17-9-4-6-3-8(13)16-10(14)7(6)5-15-9/h3-5,19H,1-2H3,(H2,14,16)(H,15,17,18). The molecular formula is C12H13ClN4O2. The number of hydrogen-bond donors (Lipinski definition) is 3. The summed E-state index contributed by atoms with van der Waals surface area (Å²) in [5.74, 6) is 0.0316. The van der Waals surface area contributed by atoms with Crippen molar-refractivity contribution in [1.29, 1.82) is 0 Å². The van der Waals surface area contributed by atoms with Crippen molar-refractivity contribution in [3.05, 3.63) is 23.5 Å². The zero-order valence-electron chi connectivity index (χ0n) is 10.4. The van der Waals surface area contributed by atoms with Crippen LogP contribution in [0, 0.1) is 0 Å². The molecule has 0 bridgehead atoms. The third kappa shape index (κ3) is 2.91. The number of anilines is 2. The zero-order valence-corrected chi connectivity index (χ0v) is 11.2. The number of nitrogens with zero attached hydrogens (tertiary/aromatic N) is 2. The van der Waals surface area contributed by atoms with E-state index in [0.29, 0.717) is 16.6 Å². The van der Waals surface area contributed by atoms with Gasteiger partial charge < -0.3 is 16.2 Å². The molecule has 100 valence electrons. The molecule has 19 heavy (non-hydrogen) atoms. The summed E-state index contributed by atoms with van der Waals surface area (Å²) in [5, 5.41) is 13.7. The summed E-state index contributed by atoms with van der Waals surface area (Å²) >= 11 is 5.82. The second-order valence-electron chi connectivity index (χ2n) is 4.63. The molecule has 0 aliphatic carbocycles. The molecule has 0 aromatic carbocycles. The van der Waals surface area contributed by atoms with Crippen molar-refractivity contribution >= 4 is 39.9 Å². The van der Waals surface area contributed by atoms with E-state index in [1.165, 1.54) is 20.0 Å². The van der Waals surface area contributed by atoms with E-state index in [4.69, 9.17) is 17.3 Å². The lowest BCUT2D eigenvalue weighted by Gasteiger charge is -2.16. The van der Waals surface area contributed by atoms with Crippen molar-refractivity contribution in [3.8, 4) is 0 Å². The predicted octanol–water partition coefficient (Wildman–Crippen LogP) is 1.57. The van der Waals surface area contributed by atoms with Gasteiger partial charge in [0.2, 0.25) is 0 Å². The summed E-state index contributed by atoms with van der Waals surface area (Å²) < 4.78 is 0. The number of rotatable bonds is 2. The van der Waals surface area contributed by atoms with Gasteiger partial charge in [0.15, 0.2) is 0 Å². The third-order valence-corrected chi connectivity index (χ3v) is 2.70. The number of fused-ring (bicyclic) bond motifs is 1. The molecule has 0 aliphatic heterocycles. The number of nitrogens with one attached hydrogen (secondary N) is 1. The van der Waals surface area contributed by atoms with E-state index in [-0.39, 0.29) is 11.0 Å². The molecule has 2 heterocycles. The van der Waals surface area contributed by atoms with Gasteiger partial charge in [-0.25, -0.2) is 9.97 Å². The largest absolute Gasteiger partial charge is 0.383 e. The molecule has 4 N–H and O–H groups in total. The first-order valence-electron chi connectivity index (χ1n) is 5.53. The van der Waals surface area contributed by atoms with Crippen LogP contribution < -0.4 is 11.1 Å². The number of halogens is 1. The van der Waals surface area contributed by atoms with Gasteiger partial charge in [0.05, 0.1) is 0 Å². The van der Waals surface area contributed by atoms with E-state index in [9.17, 15) is 9.90 Å². The summed E-state index contributed by atoms with van der Waals surface area (Å²) in [5.41, 5.74) is 4.23. The lowest BCUT2D eigenvalue weighted by Crippen LogP contribution is -2.36. The number of amides is 1. The van der Waals surface area contributed by atoms with Crippen molar-refractivity contribution < 1.29 is 9.90 Å². The van der Waals surface area contributed by atoms with E-state index in [2.05, 4.69) is 15.3 Å². The van der Waals surface area contributed by atoms with E-state index in [0.717, 1.165) is 0 Å². The Morgan fingerprint density at radius 1 is 1.47 bits per heavy atom. The topological polar surface area (TPSA) is 101 Å². The SMILES string of the molecule is CC(C)(O)C(=O)Nc1cc2cc(Cl)nc(N)c2cn1. The second kappa shape index (κ2) is 4.64. The number of carbonyl (C=O) groups excluding carboxylic acids is 1. The highest BCUT2D eigenvalue weighted by Gasteiger charge is 2.24. The fourth-order valence-electron chi connectivity index (χ4n) is 1.48. The Morgan fingerprint density at radius 3 is 2.79 bits per heavy atom. The maximum absolute atomic E-state index is 11.6. The Kier molecular flexibility index (Phi) is 3.30. The van der Waals surface area contributed by atoms with Gasteiger partial charge in [-0.2, -0.15) is 0 Å². The Morgan fingerprint density at radius 2 is 2.16 bits per heavy atom. The molecule has 0 spiro atoms. The van der Waals surface area contributed by atoms with Crippen LogP contribution >= 0.6 is 11.6 Å². The molecule has 0 aliphatic rings. The van der Waals surface area contributed by atoms with Crippen LogP contribution in [0.2, 0.25) is 5.15 Å². The third-order valence-electron chi connectivity index (χ3n) is 2.51. The van der Waals surface area contributed by atoms with Crippen molar-refractivity contribution in [2.45, 2.75) is 19.4 Å². The van der Waals surface area contributed by atoms with Gasteiger partial charge in [0.25, 0.3) is 5.91 Å². The molecule has 0 fully saturated rings. The molecule has 1 amide bonds. The van der Waals surface area contributed by atoms with Crippen molar-refractivity contribution in [2.75, 3.05) is 11.1 Å². The average molecular weight is 281 g/mol. The number of nitrogens with two attached hydrogens (primary N) is 1. The fourth-order valence-corrected chi connectivity index (χ4v) is 1.69. The van der Waals surface area contributed by atoms with Gasteiger partial charge in [-0.3, -0.25) is 4.79 Å². The van der Waals surface area contributed by atoms with Gasteiger partial charge in [0, 0.05) is 11.6 Å². The van der Waals surface area contributed by atoms with E-state index < -0.39 is 11.5 Å². The molecule has 6 nitrogen and oxygen atoms in total. The molecule has 7 heteroatoms. The van der Waals surface area contributed by atoms with Crippen LogP contribution in [0.25, 0.3) is 10.8 Å². The fraction of sp³-hybridized carbons (Fsp3) is 0.250. The number of nitrogen functional groups attached to an aromatic ring is 1. The van der Waals surface area contributed by atoms with Crippen LogP contribution in [-0.2, 0) is 4.79 Å². The smallest absolute Gasteiger partial charge is 0.256 e. The second-order valence-corrected chi connectivity index (χ2v) is 5.02. The molecule has 0 saturated carbocycles. The van der Waals surface area contributed by atoms with Gasteiger partial charge in [-0.15, -0.1) is 0 Å². The molecule has 2 aromatic heterocycles. The van der Waals surface area contributed by atoms with Crippen LogP contribution in [-0.4, -0.2) is 26.6 Å². The maximum atomic E-state index is 11.6. The average Bonchev–Trinajstić information content (AvgIpc) is 2.26. The van der Waals surface area contributed by atoms with Gasteiger partial charge in [0.1, 0.15) is 22.4 Å². The highest BCUT2D eigenvalue weighted by molar-refractivity contribution is 6.30. The van der Waals surface area contributed by atoms with Crippen LogP contribution in [0.5, 0.6) is 0 Å². The number of pyridine rings is 2. The first-order valence-corrected chi connectivity index (χ1v) is 5.91. The minimum atomic E-state index is -1.48. The first kappa shape index (κ1) is 13.5. The van der Waals surface area contributed by atoms with Gasteiger partial charge >= 0.3 is 0 Å². The van der Waals surface area contributed by atoms with Crippen LogP contribution in [0.3, 0.4) is 0 Å². The lowest BCUT2D eigenvalue weighted by molar-refractivity contribution is -0.130. The number of aromatic nitrogens is 2. The van der Waals surface area contributed by atoms with E-state index in [1.54, 1.807) is 12.1 Å². The summed E-state index contributed by atoms with van der Waals surface area (Å²) in [7, 11) is 0. The van der Waals surface area contributed by atoms with E-state index >= 15 is 0 Å². The van der Waals surface area contributed by atoms with E-state index in [1.807, 2.05) is 0 Å². The van der Waals surface area contributed by atoms with Crippen LogP contribution in [0.15, 0.2) is 18.3 Å². The summed E-state index contributed by atoms with van der Waals surface area (Å²) in [6.07, 6.45) is 1.49.